The lowest BCUT2D eigenvalue weighted by atomic mass is 10.4. The van der Waals surface area contributed by atoms with Crippen molar-refractivity contribution in [2.45, 2.75) is 0 Å². The highest BCUT2D eigenvalue weighted by Gasteiger charge is 2.15. The number of hydrogen-bond donors (Lipinski definition) is 2. The van der Waals surface area contributed by atoms with Crippen molar-refractivity contribution in [2.24, 2.45) is 0 Å². The van der Waals surface area contributed by atoms with E-state index in [2.05, 4.69) is 19.9 Å². The van der Waals surface area contributed by atoms with Crippen LogP contribution in [0.3, 0.4) is 0 Å². The van der Waals surface area contributed by atoms with Crippen LogP contribution in [0.25, 0.3) is 0 Å². The highest BCUT2D eigenvalue weighted by Crippen LogP contribution is 2.06. The number of piperazine rings is 1. The third-order valence-corrected chi connectivity index (χ3v) is 4.11. The molecule has 106 valence electrons. The molecule has 1 fully saturated rings. The topological polar surface area (TPSA) is 74.3 Å². The first kappa shape index (κ1) is 14.2. The molecule has 2 heterocycles. The van der Waals surface area contributed by atoms with Crippen molar-refractivity contribution in [3.05, 3.63) is 24.1 Å². The predicted molar refractivity (Wildman–Crippen MR) is 70.9 cm³/mol. The summed E-state index contributed by atoms with van der Waals surface area (Å²) in [4.78, 5) is 5.76. The van der Waals surface area contributed by atoms with E-state index in [0.29, 0.717) is 6.54 Å². The Hall–Kier alpha value is -1.25. The molecule has 0 unspecified atom stereocenters. The quantitative estimate of drug-likeness (QED) is 0.789. The van der Waals surface area contributed by atoms with Gasteiger partial charge in [-0.15, -0.1) is 0 Å². The first-order valence-electron chi connectivity index (χ1n) is 6.10. The molecular weight excluding hydrogens is 271 g/mol. The first-order valence-corrected chi connectivity index (χ1v) is 7.75. The summed E-state index contributed by atoms with van der Waals surface area (Å²) in [5, 5.41) is 3.20. The van der Waals surface area contributed by atoms with E-state index in [1.807, 2.05) is 0 Å². The fourth-order valence-electron chi connectivity index (χ4n) is 1.83. The Labute approximate surface area is 112 Å². The van der Waals surface area contributed by atoms with E-state index in [0.717, 1.165) is 32.4 Å². The molecule has 6 nitrogen and oxygen atoms in total. The van der Waals surface area contributed by atoms with Gasteiger partial charge in [0.15, 0.2) is 0 Å². The number of sulfonamides is 1. The van der Waals surface area contributed by atoms with E-state index in [1.165, 1.54) is 12.1 Å². The van der Waals surface area contributed by atoms with Gasteiger partial charge in [0.1, 0.15) is 11.6 Å². The second-order valence-electron chi connectivity index (χ2n) is 4.37. The van der Waals surface area contributed by atoms with Gasteiger partial charge in [-0.2, -0.15) is 0 Å². The van der Waals surface area contributed by atoms with Crippen LogP contribution in [0.15, 0.2) is 18.3 Å². The average molecular weight is 288 g/mol. The summed E-state index contributed by atoms with van der Waals surface area (Å²) in [5.74, 6) is -0.350. The maximum absolute atomic E-state index is 12.7. The van der Waals surface area contributed by atoms with Crippen molar-refractivity contribution in [3.8, 4) is 0 Å². The molecule has 1 aliphatic heterocycles. The maximum Gasteiger partial charge on any atom is 0.235 e. The molecular formula is C11H17FN4O2S. The Morgan fingerprint density at radius 1 is 1.37 bits per heavy atom. The summed E-state index contributed by atoms with van der Waals surface area (Å²) in [6.45, 7) is 3.95. The number of rotatable bonds is 5. The largest absolute Gasteiger partial charge is 0.314 e. The van der Waals surface area contributed by atoms with Gasteiger partial charge in [0, 0.05) is 32.7 Å². The van der Waals surface area contributed by atoms with Gasteiger partial charge in [-0.1, -0.05) is 0 Å². The zero-order valence-corrected chi connectivity index (χ0v) is 11.3. The molecule has 0 spiro atoms. The summed E-state index contributed by atoms with van der Waals surface area (Å²) in [6.07, 6.45) is 0.980. The summed E-state index contributed by atoms with van der Waals surface area (Å²) < 4.78 is 38.7. The highest BCUT2D eigenvalue weighted by atomic mass is 32.2. The fourth-order valence-corrected chi connectivity index (χ4v) is 2.87. The van der Waals surface area contributed by atoms with Gasteiger partial charge in [0.05, 0.1) is 11.9 Å². The van der Waals surface area contributed by atoms with Crippen LogP contribution < -0.4 is 10.0 Å². The van der Waals surface area contributed by atoms with Crippen molar-refractivity contribution in [1.82, 2.24) is 15.2 Å². The maximum atomic E-state index is 12.7. The number of aromatic nitrogens is 1. The van der Waals surface area contributed by atoms with E-state index in [-0.39, 0.29) is 11.6 Å². The van der Waals surface area contributed by atoms with Crippen LogP contribution in [-0.4, -0.2) is 56.8 Å². The van der Waals surface area contributed by atoms with Crippen LogP contribution in [0.4, 0.5) is 10.2 Å². The molecule has 1 aromatic heterocycles. The second kappa shape index (κ2) is 6.27. The molecule has 0 radical (unpaired) electrons. The number of nitrogens with one attached hydrogen (secondary N) is 2. The normalized spacial score (nSPS) is 17.3. The summed E-state index contributed by atoms with van der Waals surface area (Å²) >= 11 is 0. The Bertz CT molecular complexity index is 500. The fraction of sp³-hybridized carbons (Fsp3) is 0.545. The molecule has 19 heavy (non-hydrogen) atoms. The third-order valence-electron chi connectivity index (χ3n) is 2.87. The molecule has 0 amide bonds. The van der Waals surface area contributed by atoms with Crippen molar-refractivity contribution < 1.29 is 12.8 Å². The number of anilines is 1. The Balaban J connectivity index is 1.85. The zero-order valence-electron chi connectivity index (χ0n) is 10.5. The first-order chi connectivity index (χ1) is 9.05. The van der Waals surface area contributed by atoms with Gasteiger partial charge in [0.25, 0.3) is 0 Å². The Morgan fingerprint density at radius 2 is 2.11 bits per heavy atom. The molecule has 8 heteroatoms. The molecule has 0 atom stereocenters. The second-order valence-corrected chi connectivity index (χ2v) is 6.22. The van der Waals surface area contributed by atoms with E-state index in [1.54, 1.807) is 0 Å². The minimum absolute atomic E-state index is 0.00601. The summed E-state index contributed by atoms with van der Waals surface area (Å²) in [6, 6.07) is 2.47. The van der Waals surface area contributed by atoms with Crippen molar-refractivity contribution >= 4 is 15.8 Å². The van der Waals surface area contributed by atoms with Gasteiger partial charge in [-0.05, 0) is 12.1 Å². The molecule has 2 N–H and O–H groups in total. The van der Waals surface area contributed by atoms with Gasteiger partial charge in [-0.25, -0.2) is 17.8 Å². The molecule has 0 bridgehead atoms. The smallest absolute Gasteiger partial charge is 0.235 e. The number of nitrogens with zero attached hydrogens (tertiary/aromatic N) is 2. The Kier molecular flexibility index (Phi) is 4.67. The van der Waals surface area contributed by atoms with Gasteiger partial charge in [-0.3, -0.25) is 9.62 Å². The van der Waals surface area contributed by atoms with Crippen LogP contribution in [0.5, 0.6) is 0 Å². The molecule has 1 aliphatic rings. The molecule has 2 rings (SSSR count). The van der Waals surface area contributed by atoms with Crippen LogP contribution in [0, 0.1) is 5.82 Å². The van der Waals surface area contributed by atoms with E-state index in [4.69, 9.17) is 0 Å². The molecule has 1 saturated heterocycles. The monoisotopic (exact) mass is 288 g/mol. The minimum Gasteiger partial charge on any atom is -0.314 e. The van der Waals surface area contributed by atoms with Crippen LogP contribution in [-0.2, 0) is 10.0 Å². The summed E-state index contributed by atoms with van der Waals surface area (Å²) in [5.41, 5.74) is 0. The van der Waals surface area contributed by atoms with Gasteiger partial charge in [0.2, 0.25) is 10.0 Å². The molecule has 1 aromatic rings. The number of halogens is 1. The van der Waals surface area contributed by atoms with E-state index in [9.17, 15) is 12.8 Å². The van der Waals surface area contributed by atoms with Crippen molar-refractivity contribution in [2.75, 3.05) is 43.2 Å². The molecule has 0 aromatic carbocycles. The SMILES string of the molecule is O=S(=O)(CCN1CCNCC1)Nc1ccc(F)cn1. The number of hydrogen-bond acceptors (Lipinski definition) is 5. The van der Waals surface area contributed by atoms with Crippen molar-refractivity contribution in [1.29, 1.82) is 0 Å². The lowest BCUT2D eigenvalue weighted by Crippen LogP contribution is -2.45. The molecule has 0 aliphatic carbocycles. The van der Waals surface area contributed by atoms with E-state index >= 15 is 0 Å². The standard InChI is InChI=1S/C11H17FN4O2S/c12-10-1-2-11(14-9-10)15-19(17,18)8-7-16-5-3-13-4-6-16/h1-2,9,13H,3-8H2,(H,14,15). The highest BCUT2D eigenvalue weighted by molar-refractivity contribution is 7.92. The van der Waals surface area contributed by atoms with Crippen LogP contribution in [0.1, 0.15) is 0 Å². The molecule has 0 saturated carbocycles. The van der Waals surface area contributed by atoms with E-state index < -0.39 is 15.8 Å². The third kappa shape index (κ3) is 4.73. The zero-order chi connectivity index (χ0) is 13.7. The van der Waals surface area contributed by atoms with Crippen molar-refractivity contribution in [3.63, 3.8) is 0 Å². The number of pyridine rings is 1. The predicted octanol–water partition coefficient (Wildman–Crippen LogP) is -0.132. The summed E-state index contributed by atoms with van der Waals surface area (Å²) in [7, 11) is -3.44. The van der Waals surface area contributed by atoms with Gasteiger partial charge >= 0.3 is 0 Å². The Morgan fingerprint density at radius 3 is 2.74 bits per heavy atom. The minimum atomic E-state index is -3.44. The van der Waals surface area contributed by atoms with Crippen LogP contribution >= 0.6 is 0 Å². The lowest BCUT2D eigenvalue weighted by molar-refractivity contribution is 0.254. The average Bonchev–Trinajstić information content (AvgIpc) is 2.40. The van der Waals surface area contributed by atoms with Gasteiger partial charge < -0.3 is 5.32 Å². The van der Waals surface area contributed by atoms with Crippen LogP contribution in [0.2, 0.25) is 0 Å². The lowest BCUT2D eigenvalue weighted by Gasteiger charge is -2.26.